The minimum Gasteiger partial charge on any atom is -0.468 e. The van der Waals surface area contributed by atoms with Crippen LogP contribution < -0.4 is 0 Å². The topological polar surface area (TPSA) is 175 Å². The van der Waals surface area contributed by atoms with Gasteiger partial charge < -0.3 is 9.47 Å². The number of hydrogen-bond acceptors (Lipinski definition) is 10. The second-order valence-electron chi connectivity index (χ2n) is 8.30. The fraction of sp³-hybridized carbons (Fsp3) is 0.667. The maximum atomic E-state index is 11.1. The Hall–Kier alpha value is -3.80. The number of Topliss-reactive ketones (excluding diaryl/α,β-unsaturated/α-hetero) is 1. The molecule has 3 fully saturated rings. The summed E-state index contributed by atoms with van der Waals surface area (Å²) in [7, 11) is 2.64. The van der Waals surface area contributed by atoms with Gasteiger partial charge in [-0.1, -0.05) is 19.8 Å². The fourth-order valence-electron chi connectivity index (χ4n) is 3.96. The molecule has 0 spiro atoms. The Morgan fingerprint density at radius 1 is 0.892 bits per heavy atom. The highest BCUT2D eigenvalue weighted by Gasteiger charge is 2.31. The largest absolute Gasteiger partial charge is 0.468 e. The van der Waals surface area contributed by atoms with E-state index in [2.05, 4.69) is 9.47 Å². The highest BCUT2D eigenvalue weighted by atomic mass is 16.5. The minimum absolute atomic E-state index is 0.218. The summed E-state index contributed by atoms with van der Waals surface area (Å²) in [5, 5.41) is 25.0. The van der Waals surface area contributed by atoms with Crippen LogP contribution in [-0.2, 0) is 33.4 Å². The first kappa shape index (κ1) is 35.4. The van der Waals surface area contributed by atoms with E-state index in [4.69, 9.17) is 25.4 Å². The zero-order valence-corrected chi connectivity index (χ0v) is 22.0. The van der Waals surface area contributed by atoms with E-state index in [0.717, 1.165) is 82.6 Å². The Bertz CT molecular complexity index is 878. The Kier molecular flexibility index (Phi) is 22.9. The predicted molar refractivity (Wildman–Crippen MR) is 131 cm³/mol. The third kappa shape index (κ3) is 16.5. The van der Waals surface area contributed by atoms with Crippen LogP contribution in [0.5, 0.6) is 0 Å². The summed E-state index contributed by atoms with van der Waals surface area (Å²) in [4.78, 5) is 48.6. The molecule has 1 atom stereocenters. The Labute approximate surface area is 219 Å². The Balaban J connectivity index is 0. The quantitative estimate of drug-likeness (QED) is 0.295. The number of nitrogens with zero attached hydrogens (tertiary/aromatic N) is 3. The maximum Gasteiger partial charge on any atom is 0.373 e. The van der Waals surface area contributed by atoms with Crippen molar-refractivity contribution in [1.82, 2.24) is 0 Å². The van der Waals surface area contributed by atoms with Crippen LogP contribution in [0.2, 0.25) is 0 Å². The lowest BCUT2D eigenvalue weighted by Crippen LogP contribution is -2.21. The molecule has 0 radical (unpaired) electrons. The molecule has 3 saturated carbocycles. The van der Waals surface area contributed by atoms with Crippen molar-refractivity contribution in [3.63, 3.8) is 0 Å². The normalized spacial score (nSPS) is 15.9. The average molecular weight is 516 g/mol. The lowest BCUT2D eigenvalue weighted by atomic mass is 9.92. The van der Waals surface area contributed by atoms with Gasteiger partial charge in [-0.25, -0.2) is 4.79 Å². The summed E-state index contributed by atoms with van der Waals surface area (Å²) >= 11 is 0. The number of rotatable bonds is 3. The van der Waals surface area contributed by atoms with E-state index in [0.29, 0.717) is 12.2 Å². The van der Waals surface area contributed by atoms with Gasteiger partial charge in [0.05, 0.1) is 26.4 Å². The van der Waals surface area contributed by atoms with Crippen molar-refractivity contribution >= 4 is 23.9 Å². The molecule has 3 rings (SSSR count). The van der Waals surface area contributed by atoms with Gasteiger partial charge in [0, 0.05) is 19.3 Å². The molecule has 0 bridgehead atoms. The Morgan fingerprint density at radius 3 is 1.65 bits per heavy atom. The van der Waals surface area contributed by atoms with E-state index < -0.39 is 11.9 Å². The van der Waals surface area contributed by atoms with Gasteiger partial charge >= 0.3 is 18.1 Å². The van der Waals surface area contributed by atoms with Crippen molar-refractivity contribution in [1.29, 1.82) is 15.8 Å². The van der Waals surface area contributed by atoms with Crippen LogP contribution in [0.4, 0.5) is 0 Å². The van der Waals surface area contributed by atoms with Crippen molar-refractivity contribution in [2.45, 2.75) is 90.4 Å². The summed E-state index contributed by atoms with van der Waals surface area (Å²) in [6.07, 6.45) is 13.0. The molecule has 10 heteroatoms. The number of carbonyl (C=O) groups is 3. The smallest absolute Gasteiger partial charge is 0.373 e. The maximum absolute atomic E-state index is 11.1. The molecule has 10 nitrogen and oxygen atoms in total. The van der Waals surface area contributed by atoms with Crippen molar-refractivity contribution < 1.29 is 33.4 Å². The first-order valence-electron chi connectivity index (χ1n) is 12.4. The number of nitriles is 3. The molecule has 0 aromatic rings. The van der Waals surface area contributed by atoms with Gasteiger partial charge in [-0.2, -0.15) is 25.4 Å². The molecule has 0 aliphatic heterocycles. The predicted octanol–water partition coefficient (Wildman–Crippen LogP) is 4.51. The molecule has 202 valence electrons. The van der Waals surface area contributed by atoms with Crippen LogP contribution in [0.15, 0.2) is 11.1 Å². The molecular weight excluding hydrogens is 478 g/mol. The van der Waals surface area contributed by atoms with Crippen molar-refractivity contribution in [3.8, 4) is 18.2 Å². The van der Waals surface area contributed by atoms with Crippen LogP contribution in [0.1, 0.15) is 90.4 Å². The molecule has 0 N–H and O–H groups in total. The monoisotopic (exact) mass is 515 g/mol. The van der Waals surface area contributed by atoms with Gasteiger partial charge in [0.2, 0.25) is 0 Å². The third-order valence-electron chi connectivity index (χ3n) is 5.85. The molecule has 0 aromatic heterocycles. The molecule has 0 saturated heterocycles. The number of carbonyl (C=O) groups excluding carboxylic acids is 5. The molecule has 1 unspecified atom stereocenters. The van der Waals surface area contributed by atoms with Gasteiger partial charge in [-0.15, -0.1) is 0 Å². The van der Waals surface area contributed by atoms with Gasteiger partial charge in [0.15, 0.2) is 0 Å². The molecule has 37 heavy (non-hydrogen) atoms. The summed E-state index contributed by atoms with van der Waals surface area (Å²) in [5.41, 5.74) is 1.18. The standard InChI is InChI=1S/C9H13NO2.C9H11NO2.C5H8O.C3H5N.CO2/c2*1-12-9(11)8(6-10)7-4-2-3-5-7;6-5-3-1-2-4-5;1-2-3-4;2-1-3/h7-8H,2-5H2,1H3;2-5H2,1H3;1-4H2;2H2,1H3;. The molecule has 0 aromatic carbocycles. The molecule has 0 amide bonds. The number of esters is 2. The summed E-state index contributed by atoms with van der Waals surface area (Å²) in [6, 6.07) is 5.85. The van der Waals surface area contributed by atoms with Crippen molar-refractivity contribution in [2.24, 2.45) is 11.8 Å². The summed E-state index contributed by atoms with van der Waals surface area (Å²) in [5.74, 6) is -0.700. The van der Waals surface area contributed by atoms with E-state index in [9.17, 15) is 14.4 Å². The lowest BCUT2D eigenvalue weighted by Gasteiger charge is -2.12. The van der Waals surface area contributed by atoms with Crippen LogP contribution in [0, 0.1) is 45.8 Å². The average Bonchev–Trinajstić information content (AvgIpc) is 3.71. The Morgan fingerprint density at radius 2 is 1.35 bits per heavy atom. The summed E-state index contributed by atoms with van der Waals surface area (Å²) < 4.78 is 9.05. The molecular formula is C27H37N3O7. The number of ketones is 1. The van der Waals surface area contributed by atoms with E-state index in [1.165, 1.54) is 14.2 Å². The van der Waals surface area contributed by atoms with Gasteiger partial charge in [-0.05, 0) is 62.9 Å². The van der Waals surface area contributed by atoms with E-state index in [1.54, 1.807) is 0 Å². The number of hydrogen-bond donors (Lipinski definition) is 0. The van der Waals surface area contributed by atoms with Gasteiger partial charge in [-0.3, -0.25) is 9.59 Å². The van der Waals surface area contributed by atoms with Crippen molar-refractivity contribution in [3.05, 3.63) is 11.1 Å². The third-order valence-corrected chi connectivity index (χ3v) is 5.85. The number of methoxy groups -OCH3 is 2. The summed E-state index contributed by atoms with van der Waals surface area (Å²) in [6.45, 7) is 1.82. The van der Waals surface area contributed by atoms with E-state index in [-0.39, 0.29) is 23.6 Å². The van der Waals surface area contributed by atoms with Gasteiger partial charge in [0.25, 0.3) is 0 Å². The minimum atomic E-state index is -0.530. The number of ether oxygens (including phenoxy) is 2. The second-order valence-corrected chi connectivity index (χ2v) is 8.30. The fourth-order valence-corrected chi connectivity index (χ4v) is 3.96. The molecule has 3 aliphatic rings. The lowest BCUT2D eigenvalue weighted by molar-refractivity contribution is -0.191. The van der Waals surface area contributed by atoms with Crippen LogP contribution in [-0.4, -0.2) is 38.1 Å². The highest BCUT2D eigenvalue weighted by Crippen LogP contribution is 2.31. The molecule has 3 aliphatic carbocycles. The van der Waals surface area contributed by atoms with E-state index in [1.807, 2.05) is 25.1 Å². The van der Waals surface area contributed by atoms with Gasteiger partial charge in [0.1, 0.15) is 23.3 Å². The zero-order valence-electron chi connectivity index (χ0n) is 22.0. The first-order valence-corrected chi connectivity index (χ1v) is 12.4. The number of allylic oxidation sites excluding steroid dienone is 1. The zero-order chi connectivity index (χ0) is 28.5. The first-order chi connectivity index (χ1) is 17.8. The van der Waals surface area contributed by atoms with E-state index >= 15 is 0 Å². The molecule has 0 heterocycles. The van der Waals surface area contributed by atoms with Crippen molar-refractivity contribution in [2.75, 3.05) is 14.2 Å². The van der Waals surface area contributed by atoms with Crippen LogP contribution >= 0.6 is 0 Å². The highest BCUT2D eigenvalue weighted by molar-refractivity contribution is 5.93. The second kappa shape index (κ2) is 23.9. The van der Waals surface area contributed by atoms with Crippen LogP contribution in [0.25, 0.3) is 0 Å². The SMILES string of the molecule is CCC#N.COC(=O)C(C#N)=C1CCCC1.COC(=O)C(C#N)C1CCCC1.O=C1CCCC1.O=C=O. The van der Waals surface area contributed by atoms with Crippen LogP contribution in [0.3, 0.4) is 0 Å².